The van der Waals surface area contributed by atoms with E-state index in [0.717, 1.165) is 32.0 Å². The van der Waals surface area contributed by atoms with Crippen LogP contribution < -0.4 is 0 Å². The van der Waals surface area contributed by atoms with Gasteiger partial charge in [0.1, 0.15) is 10.9 Å². The zero-order valence-corrected chi connectivity index (χ0v) is 16.3. The average Bonchev–Trinajstić information content (AvgIpc) is 2.86. The molecule has 0 aliphatic carbocycles. The molecule has 2 aromatic rings. The Morgan fingerprint density at radius 3 is 2.31 bits per heavy atom. The summed E-state index contributed by atoms with van der Waals surface area (Å²) in [6.45, 7) is 1.65. The van der Waals surface area contributed by atoms with Gasteiger partial charge in [-0.3, -0.25) is 14.5 Å². The minimum atomic E-state index is -1.08. The maximum Gasteiger partial charge on any atom is 0.323 e. The number of aliphatic carboxylic acids is 1. The normalized spacial score (nSPS) is 15.7. The molecule has 2 aromatic carbocycles. The first-order valence-corrected chi connectivity index (χ1v) is 9.78. The van der Waals surface area contributed by atoms with E-state index >= 15 is 0 Å². The Balaban J connectivity index is 1.71. The molecule has 0 unspecified atom stereocenters. The Kier molecular flexibility index (Phi) is 5.80. The van der Waals surface area contributed by atoms with E-state index in [-0.39, 0.29) is 10.2 Å². The highest BCUT2D eigenvalue weighted by Gasteiger charge is 2.33. The fourth-order valence-electron chi connectivity index (χ4n) is 2.30. The number of hydrogen-bond donors (Lipinski definition) is 1. The van der Waals surface area contributed by atoms with Gasteiger partial charge in [-0.15, -0.1) is 0 Å². The number of rotatable bonds is 5. The number of aryl methyl sites for hydroxylation is 1. The van der Waals surface area contributed by atoms with Crippen molar-refractivity contribution in [1.82, 2.24) is 4.90 Å². The van der Waals surface area contributed by atoms with Gasteiger partial charge >= 0.3 is 5.97 Å². The Bertz CT molecular complexity index is 889. The molecule has 1 heterocycles. The topological polar surface area (TPSA) is 57.6 Å². The predicted molar refractivity (Wildman–Crippen MR) is 109 cm³/mol. The molecule has 0 saturated carbocycles. The second-order valence-corrected chi connectivity index (χ2v) is 8.47. The minimum absolute atomic E-state index is 0.273. The number of hydrogen-bond acceptors (Lipinski definition) is 5. The van der Waals surface area contributed by atoms with Gasteiger partial charge in [0.2, 0.25) is 0 Å². The fourth-order valence-corrected chi connectivity index (χ4v) is 4.37. The lowest BCUT2D eigenvalue weighted by molar-refractivity contribution is -0.140. The third-order valence-electron chi connectivity index (χ3n) is 3.60. The number of amides is 1. The summed E-state index contributed by atoms with van der Waals surface area (Å²) in [5.41, 5.74) is 2.10. The SMILES string of the molecule is Cc1ccc(Sc2ccc(C=C3SC(=S)N(CC(=O)O)C3=O)cc2)cc1. The van der Waals surface area contributed by atoms with E-state index < -0.39 is 12.5 Å². The lowest BCUT2D eigenvalue weighted by atomic mass is 10.2. The third kappa shape index (κ3) is 4.55. The minimum Gasteiger partial charge on any atom is -0.480 e. The van der Waals surface area contributed by atoms with Crippen LogP contribution in [-0.2, 0) is 9.59 Å². The molecule has 1 amide bonds. The molecule has 7 heteroatoms. The Morgan fingerprint density at radius 1 is 1.15 bits per heavy atom. The zero-order chi connectivity index (χ0) is 18.7. The highest BCUT2D eigenvalue weighted by Crippen LogP contribution is 2.33. The molecular weight excluding hydrogens is 386 g/mol. The molecule has 1 aliphatic heterocycles. The first-order valence-electron chi connectivity index (χ1n) is 7.74. The summed E-state index contributed by atoms with van der Waals surface area (Å²) in [5, 5.41) is 8.87. The van der Waals surface area contributed by atoms with E-state index in [9.17, 15) is 9.59 Å². The standard InChI is InChI=1S/C19H15NO3S3/c1-12-2-6-14(7-3-12)25-15-8-4-13(5-9-15)10-16-18(23)20(11-17(21)22)19(24)26-16/h2-10H,11H2,1H3,(H,21,22). The molecule has 1 aliphatic rings. The summed E-state index contributed by atoms with van der Waals surface area (Å²) in [6.07, 6.45) is 1.74. The van der Waals surface area contributed by atoms with Crippen LogP contribution >= 0.6 is 35.7 Å². The number of thioether (sulfide) groups is 1. The van der Waals surface area contributed by atoms with E-state index in [1.54, 1.807) is 17.8 Å². The molecular formula is C19H15NO3S3. The number of carboxylic acids is 1. The van der Waals surface area contributed by atoms with Crippen LogP contribution in [0.1, 0.15) is 11.1 Å². The largest absolute Gasteiger partial charge is 0.480 e. The van der Waals surface area contributed by atoms with E-state index in [2.05, 4.69) is 31.2 Å². The number of carbonyl (C=O) groups excluding carboxylic acids is 1. The van der Waals surface area contributed by atoms with Gasteiger partial charge in [-0.2, -0.15) is 0 Å². The zero-order valence-electron chi connectivity index (χ0n) is 13.8. The van der Waals surface area contributed by atoms with Gasteiger partial charge in [0.25, 0.3) is 5.91 Å². The van der Waals surface area contributed by atoms with Crippen LogP contribution in [0.4, 0.5) is 0 Å². The molecule has 26 heavy (non-hydrogen) atoms. The van der Waals surface area contributed by atoms with Crippen molar-refractivity contribution in [1.29, 1.82) is 0 Å². The Hall–Kier alpha value is -2.09. The van der Waals surface area contributed by atoms with E-state index in [0.29, 0.717) is 4.91 Å². The fraction of sp³-hybridized carbons (Fsp3) is 0.105. The molecule has 1 saturated heterocycles. The van der Waals surface area contributed by atoms with Crippen LogP contribution in [0.5, 0.6) is 0 Å². The molecule has 4 nitrogen and oxygen atoms in total. The molecule has 0 bridgehead atoms. The van der Waals surface area contributed by atoms with E-state index in [1.807, 2.05) is 24.3 Å². The van der Waals surface area contributed by atoms with Gasteiger partial charge < -0.3 is 5.11 Å². The second-order valence-electron chi connectivity index (χ2n) is 5.65. The van der Waals surface area contributed by atoms with Crippen LogP contribution in [0.15, 0.2) is 63.2 Å². The first kappa shape index (κ1) is 18.7. The van der Waals surface area contributed by atoms with Crippen LogP contribution in [0, 0.1) is 6.92 Å². The van der Waals surface area contributed by atoms with Gasteiger partial charge in [0, 0.05) is 9.79 Å². The van der Waals surface area contributed by atoms with Crippen molar-refractivity contribution in [3.05, 3.63) is 64.6 Å². The van der Waals surface area contributed by atoms with Gasteiger partial charge in [0.15, 0.2) is 0 Å². The van der Waals surface area contributed by atoms with Crippen molar-refractivity contribution in [2.75, 3.05) is 6.54 Å². The van der Waals surface area contributed by atoms with Gasteiger partial charge in [-0.05, 0) is 42.8 Å². The molecule has 132 valence electrons. The number of thiocarbonyl (C=S) groups is 1. The molecule has 1 N–H and O–H groups in total. The lowest BCUT2D eigenvalue weighted by Crippen LogP contribution is -2.33. The van der Waals surface area contributed by atoms with Crippen molar-refractivity contribution in [3.63, 3.8) is 0 Å². The highest BCUT2D eigenvalue weighted by molar-refractivity contribution is 8.26. The van der Waals surface area contributed by atoms with Crippen molar-refractivity contribution in [2.45, 2.75) is 16.7 Å². The highest BCUT2D eigenvalue weighted by atomic mass is 32.2. The van der Waals surface area contributed by atoms with Crippen LogP contribution in [0.3, 0.4) is 0 Å². The Labute approximate surface area is 165 Å². The molecule has 1 fully saturated rings. The summed E-state index contributed by atoms with van der Waals surface area (Å²) in [5.74, 6) is -1.44. The summed E-state index contributed by atoms with van der Waals surface area (Å²) < 4.78 is 0.273. The summed E-state index contributed by atoms with van der Waals surface area (Å²) in [6, 6.07) is 16.2. The van der Waals surface area contributed by atoms with Gasteiger partial charge in [0.05, 0.1) is 4.91 Å². The van der Waals surface area contributed by atoms with Crippen molar-refractivity contribution >= 4 is 58.0 Å². The molecule has 0 radical (unpaired) electrons. The quantitative estimate of drug-likeness (QED) is 0.591. The molecule has 0 spiro atoms. The van der Waals surface area contributed by atoms with Gasteiger partial charge in [-0.1, -0.05) is 65.6 Å². The smallest absolute Gasteiger partial charge is 0.323 e. The van der Waals surface area contributed by atoms with Crippen molar-refractivity contribution in [2.24, 2.45) is 0 Å². The molecule has 3 rings (SSSR count). The maximum atomic E-state index is 12.3. The van der Waals surface area contributed by atoms with E-state index in [1.165, 1.54) is 5.56 Å². The third-order valence-corrected chi connectivity index (χ3v) is 6.00. The summed E-state index contributed by atoms with van der Waals surface area (Å²) >= 11 is 7.89. The summed E-state index contributed by atoms with van der Waals surface area (Å²) in [4.78, 5) is 26.9. The molecule has 0 atom stereocenters. The number of benzene rings is 2. The van der Waals surface area contributed by atoms with Crippen molar-refractivity contribution < 1.29 is 14.7 Å². The monoisotopic (exact) mass is 401 g/mol. The van der Waals surface area contributed by atoms with Gasteiger partial charge in [-0.25, -0.2) is 0 Å². The van der Waals surface area contributed by atoms with E-state index in [4.69, 9.17) is 17.3 Å². The number of carbonyl (C=O) groups is 2. The maximum absolute atomic E-state index is 12.3. The van der Waals surface area contributed by atoms with Crippen LogP contribution in [-0.4, -0.2) is 32.7 Å². The second kappa shape index (κ2) is 8.07. The lowest BCUT2D eigenvalue weighted by Gasteiger charge is -2.10. The first-order chi connectivity index (χ1) is 12.4. The Morgan fingerprint density at radius 2 is 1.73 bits per heavy atom. The molecule has 0 aromatic heterocycles. The van der Waals surface area contributed by atoms with Crippen molar-refractivity contribution in [3.8, 4) is 0 Å². The average molecular weight is 402 g/mol. The number of carboxylic acid groups (broad SMARTS) is 1. The predicted octanol–water partition coefficient (Wildman–Crippen LogP) is 4.43. The van der Waals surface area contributed by atoms with Crippen LogP contribution in [0.25, 0.3) is 6.08 Å². The van der Waals surface area contributed by atoms with Crippen LogP contribution in [0.2, 0.25) is 0 Å². The summed E-state index contributed by atoms with van der Waals surface area (Å²) in [7, 11) is 0. The number of nitrogens with zero attached hydrogens (tertiary/aromatic N) is 1.